The SMILES string of the molecule is NNC(c1ccc(Cl)c(Br)c1)c1ccc(Cl)s1. The number of hydrogen-bond donors (Lipinski definition) is 2. The van der Waals surface area contributed by atoms with Crippen LogP contribution < -0.4 is 11.3 Å². The van der Waals surface area contributed by atoms with Crippen LogP contribution in [0.5, 0.6) is 0 Å². The van der Waals surface area contributed by atoms with Gasteiger partial charge < -0.3 is 0 Å². The topological polar surface area (TPSA) is 38.0 Å². The van der Waals surface area contributed by atoms with Crippen LogP contribution in [0.1, 0.15) is 16.5 Å². The Morgan fingerprint density at radius 1 is 1.24 bits per heavy atom. The minimum absolute atomic E-state index is 0.0823. The molecule has 0 aliphatic heterocycles. The van der Waals surface area contributed by atoms with Crippen molar-refractivity contribution in [2.45, 2.75) is 6.04 Å². The zero-order valence-electron chi connectivity index (χ0n) is 8.58. The summed E-state index contributed by atoms with van der Waals surface area (Å²) in [7, 11) is 0. The second-order valence-electron chi connectivity index (χ2n) is 3.42. The predicted octanol–water partition coefficient (Wildman–Crippen LogP) is 4.37. The van der Waals surface area contributed by atoms with Crippen LogP contribution in [0.4, 0.5) is 0 Å². The summed E-state index contributed by atoms with van der Waals surface area (Å²) in [6, 6.07) is 9.45. The van der Waals surface area contributed by atoms with Gasteiger partial charge in [-0.1, -0.05) is 29.3 Å². The highest BCUT2D eigenvalue weighted by molar-refractivity contribution is 9.10. The largest absolute Gasteiger partial charge is 0.271 e. The van der Waals surface area contributed by atoms with E-state index in [1.807, 2.05) is 30.3 Å². The summed E-state index contributed by atoms with van der Waals surface area (Å²) in [6.45, 7) is 0. The van der Waals surface area contributed by atoms with Crippen LogP contribution in [0.25, 0.3) is 0 Å². The molecule has 6 heteroatoms. The molecule has 0 saturated heterocycles. The second-order valence-corrected chi connectivity index (χ2v) is 6.42. The Morgan fingerprint density at radius 3 is 2.53 bits per heavy atom. The lowest BCUT2D eigenvalue weighted by Gasteiger charge is -2.15. The third-order valence-corrected chi connectivity index (χ3v) is 4.83. The molecule has 3 N–H and O–H groups in total. The van der Waals surface area contributed by atoms with Crippen LogP contribution in [0.3, 0.4) is 0 Å². The molecule has 90 valence electrons. The zero-order valence-corrected chi connectivity index (χ0v) is 12.5. The van der Waals surface area contributed by atoms with E-state index in [1.54, 1.807) is 0 Å². The Balaban J connectivity index is 2.38. The van der Waals surface area contributed by atoms with Gasteiger partial charge in [0.2, 0.25) is 0 Å². The number of rotatable bonds is 3. The highest BCUT2D eigenvalue weighted by atomic mass is 79.9. The first-order valence-electron chi connectivity index (χ1n) is 4.78. The Bertz CT molecular complexity index is 530. The molecule has 1 aromatic carbocycles. The number of hydrogen-bond acceptors (Lipinski definition) is 3. The maximum Gasteiger partial charge on any atom is 0.0931 e. The van der Waals surface area contributed by atoms with Gasteiger partial charge >= 0.3 is 0 Å². The number of nitrogens with two attached hydrogens (primary N) is 1. The van der Waals surface area contributed by atoms with E-state index >= 15 is 0 Å². The van der Waals surface area contributed by atoms with E-state index < -0.39 is 0 Å². The van der Waals surface area contributed by atoms with Gasteiger partial charge in [0.1, 0.15) is 0 Å². The first kappa shape index (κ1) is 13.3. The molecule has 0 spiro atoms. The second kappa shape index (κ2) is 5.69. The minimum Gasteiger partial charge on any atom is -0.271 e. The van der Waals surface area contributed by atoms with Crippen molar-refractivity contribution in [2.75, 3.05) is 0 Å². The average molecular weight is 352 g/mol. The molecular formula is C11H9BrCl2N2S. The van der Waals surface area contributed by atoms with Crippen LogP contribution in [-0.4, -0.2) is 0 Å². The highest BCUT2D eigenvalue weighted by Gasteiger charge is 2.15. The van der Waals surface area contributed by atoms with Crippen molar-refractivity contribution < 1.29 is 0 Å². The Hall–Kier alpha value is -0.100. The summed E-state index contributed by atoms with van der Waals surface area (Å²) in [5.41, 5.74) is 3.81. The van der Waals surface area contributed by atoms with E-state index in [4.69, 9.17) is 29.0 Å². The molecule has 2 rings (SSSR count). The summed E-state index contributed by atoms with van der Waals surface area (Å²) in [4.78, 5) is 1.06. The number of thiophene rings is 1. The molecule has 0 fully saturated rings. The Morgan fingerprint density at radius 2 is 2.00 bits per heavy atom. The molecule has 0 bridgehead atoms. The van der Waals surface area contributed by atoms with Crippen molar-refractivity contribution in [3.05, 3.63) is 54.6 Å². The molecule has 1 unspecified atom stereocenters. The van der Waals surface area contributed by atoms with Crippen molar-refractivity contribution in [3.63, 3.8) is 0 Å². The van der Waals surface area contributed by atoms with Gasteiger partial charge in [-0.2, -0.15) is 0 Å². The van der Waals surface area contributed by atoms with Gasteiger partial charge in [-0.25, -0.2) is 5.43 Å². The van der Waals surface area contributed by atoms with Crippen molar-refractivity contribution in [2.24, 2.45) is 5.84 Å². The normalized spacial score (nSPS) is 12.7. The molecule has 0 amide bonds. The predicted molar refractivity (Wildman–Crippen MR) is 77.6 cm³/mol. The van der Waals surface area contributed by atoms with Gasteiger partial charge in [0, 0.05) is 9.35 Å². The van der Waals surface area contributed by atoms with Crippen molar-refractivity contribution in [3.8, 4) is 0 Å². The van der Waals surface area contributed by atoms with E-state index in [1.165, 1.54) is 11.3 Å². The lowest BCUT2D eigenvalue weighted by molar-refractivity contribution is 0.646. The maximum absolute atomic E-state index is 5.96. The molecule has 1 heterocycles. The summed E-state index contributed by atoms with van der Waals surface area (Å²) in [5.74, 6) is 5.60. The molecule has 17 heavy (non-hydrogen) atoms. The number of halogens is 3. The Labute approximate surface area is 122 Å². The molecule has 0 aliphatic rings. The van der Waals surface area contributed by atoms with Crippen molar-refractivity contribution >= 4 is 50.5 Å². The summed E-state index contributed by atoms with van der Waals surface area (Å²) < 4.78 is 1.59. The maximum atomic E-state index is 5.96. The first-order valence-corrected chi connectivity index (χ1v) is 7.14. The lowest BCUT2D eigenvalue weighted by Crippen LogP contribution is -2.28. The molecule has 1 aromatic heterocycles. The fourth-order valence-electron chi connectivity index (χ4n) is 1.52. The van der Waals surface area contributed by atoms with E-state index in [0.29, 0.717) is 5.02 Å². The molecule has 0 radical (unpaired) electrons. The highest BCUT2D eigenvalue weighted by Crippen LogP contribution is 2.33. The standard InChI is InChI=1S/C11H9BrCl2N2S/c12-7-5-6(1-2-8(7)13)11(16-15)9-3-4-10(14)17-9/h1-5,11,16H,15H2. The van der Waals surface area contributed by atoms with E-state index in [-0.39, 0.29) is 6.04 Å². The molecule has 2 nitrogen and oxygen atoms in total. The molecule has 0 aliphatic carbocycles. The zero-order chi connectivity index (χ0) is 12.4. The molecule has 1 atom stereocenters. The fraction of sp³-hybridized carbons (Fsp3) is 0.0909. The molecule has 0 saturated carbocycles. The Kier molecular flexibility index (Phi) is 4.47. The van der Waals surface area contributed by atoms with Crippen LogP contribution in [0, 0.1) is 0 Å². The van der Waals surface area contributed by atoms with E-state index in [0.717, 1.165) is 19.2 Å². The fourth-order valence-corrected chi connectivity index (χ4v) is 3.18. The summed E-state index contributed by atoms with van der Waals surface area (Å²) >= 11 is 16.8. The number of nitrogens with one attached hydrogen (secondary N) is 1. The third kappa shape index (κ3) is 3.02. The first-order chi connectivity index (χ1) is 8.11. The van der Waals surface area contributed by atoms with Crippen molar-refractivity contribution in [1.82, 2.24) is 5.43 Å². The van der Waals surface area contributed by atoms with Gasteiger partial charge in [0.05, 0.1) is 15.4 Å². The number of benzene rings is 1. The smallest absolute Gasteiger partial charge is 0.0931 e. The number of hydrazine groups is 1. The monoisotopic (exact) mass is 350 g/mol. The minimum atomic E-state index is -0.0823. The quantitative estimate of drug-likeness (QED) is 0.636. The molecular weight excluding hydrogens is 343 g/mol. The van der Waals surface area contributed by atoms with Gasteiger partial charge in [-0.3, -0.25) is 5.84 Å². The summed E-state index contributed by atoms with van der Waals surface area (Å²) in [6.07, 6.45) is 0. The average Bonchev–Trinajstić information content (AvgIpc) is 2.71. The van der Waals surface area contributed by atoms with Gasteiger partial charge in [0.25, 0.3) is 0 Å². The van der Waals surface area contributed by atoms with Crippen LogP contribution in [-0.2, 0) is 0 Å². The van der Waals surface area contributed by atoms with E-state index in [9.17, 15) is 0 Å². The van der Waals surface area contributed by atoms with Crippen molar-refractivity contribution in [1.29, 1.82) is 0 Å². The van der Waals surface area contributed by atoms with Gasteiger partial charge in [0.15, 0.2) is 0 Å². The van der Waals surface area contributed by atoms with Crippen LogP contribution >= 0.6 is 50.5 Å². The molecule has 2 aromatic rings. The van der Waals surface area contributed by atoms with Gasteiger partial charge in [-0.05, 0) is 45.8 Å². The van der Waals surface area contributed by atoms with E-state index in [2.05, 4.69) is 21.4 Å². The van der Waals surface area contributed by atoms with Crippen LogP contribution in [0.2, 0.25) is 9.36 Å². The van der Waals surface area contributed by atoms with Gasteiger partial charge in [-0.15, -0.1) is 11.3 Å². The third-order valence-electron chi connectivity index (χ3n) is 2.32. The lowest BCUT2D eigenvalue weighted by atomic mass is 10.1. The summed E-state index contributed by atoms with van der Waals surface area (Å²) in [5, 5.41) is 0.675. The van der Waals surface area contributed by atoms with Crippen LogP contribution in [0.15, 0.2) is 34.8 Å².